The second-order valence-electron chi connectivity index (χ2n) is 13.0. The summed E-state index contributed by atoms with van der Waals surface area (Å²) in [4.78, 5) is 36.5. The van der Waals surface area contributed by atoms with Crippen molar-refractivity contribution < 1.29 is 32.2 Å². The summed E-state index contributed by atoms with van der Waals surface area (Å²) in [5, 5.41) is 0.889. The van der Waals surface area contributed by atoms with E-state index in [1.807, 2.05) is 67.6 Å². The maximum Gasteiger partial charge on any atom is 0.416 e. The van der Waals surface area contributed by atoms with E-state index in [1.165, 1.54) is 23.7 Å². The van der Waals surface area contributed by atoms with Gasteiger partial charge in [-0.25, -0.2) is 4.98 Å². The summed E-state index contributed by atoms with van der Waals surface area (Å²) in [6.45, 7) is 9.58. The fourth-order valence-corrected chi connectivity index (χ4v) is 6.18. The van der Waals surface area contributed by atoms with Crippen LogP contribution in [0.4, 0.5) is 18.9 Å². The average Bonchev–Trinajstić information content (AvgIpc) is 3.46. The van der Waals surface area contributed by atoms with E-state index in [0.717, 1.165) is 66.1 Å². The van der Waals surface area contributed by atoms with Crippen LogP contribution in [0.25, 0.3) is 10.9 Å². The zero-order valence-electron chi connectivity index (χ0n) is 29.2. The number of pyridine rings is 1. The third-order valence-electron chi connectivity index (χ3n) is 9.11. The van der Waals surface area contributed by atoms with E-state index in [-0.39, 0.29) is 17.6 Å². The zero-order valence-corrected chi connectivity index (χ0v) is 29.2. The Hall–Kier alpha value is -5.36. The maximum atomic E-state index is 13.7. The van der Waals surface area contributed by atoms with Crippen molar-refractivity contribution in [1.82, 2.24) is 19.4 Å². The summed E-state index contributed by atoms with van der Waals surface area (Å²) in [5.74, 6) is 1.23. The Morgan fingerprint density at radius 2 is 1.61 bits per heavy atom. The van der Waals surface area contributed by atoms with E-state index in [0.29, 0.717) is 36.1 Å². The molecule has 1 fully saturated rings. The number of halogens is 3. The number of amides is 2. The first-order valence-electron chi connectivity index (χ1n) is 16.7. The quantitative estimate of drug-likeness (QED) is 0.157. The van der Waals surface area contributed by atoms with Gasteiger partial charge in [0.05, 0.1) is 23.6 Å². The highest BCUT2D eigenvalue weighted by Crippen LogP contribution is 2.33. The standard InChI is InChI=1S/C39H40F3N5O4/c1-25(2)50-31-13-6-27(7-14-31)24-46-18-20-47(21-19-46)38(49)34-22-32-26(3)35(16-15-33(32)45(34)5)51-36-17-12-30(23-43-36)44(4)37(48)28-8-10-29(11-9-28)39(40,41)42/h6-17,22-23,25H,18-21,24H2,1-5H3. The van der Waals surface area contributed by atoms with Crippen molar-refractivity contribution in [2.24, 2.45) is 7.05 Å². The highest BCUT2D eigenvalue weighted by Gasteiger charge is 2.30. The molecule has 0 N–H and O–H groups in total. The molecule has 1 aliphatic heterocycles. The lowest BCUT2D eigenvalue weighted by Gasteiger charge is -2.34. The Balaban J connectivity index is 1.08. The predicted octanol–water partition coefficient (Wildman–Crippen LogP) is 7.71. The molecule has 0 saturated carbocycles. The van der Waals surface area contributed by atoms with Crippen molar-refractivity contribution in [2.75, 3.05) is 38.1 Å². The summed E-state index contributed by atoms with van der Waals surface area (Å²) in [5.41, 5.74) is 3.29. The van der Waals surface area contributed by atoms with Gasteiger partial charge in [0.2, 0.25) is 5.88 Å². The van der Waals surface area contributed by atoms with Gasteiger partial charge in [-0.05, 0) is 87.0 Å². The predicted molar refractivity (Wildman–Crippen MR) is 190 cm³/mol. The van der Waals surface area contributed by atoms with E-state index in [4.69, 9.17) is 9.47 Å². The number of alkyl halides is 3. The molecular formula is C39H40F3N5O4. The van der Waals surface area contributed by atoms with Crippen LogP contribution in [-0.4, -0.2) is 70.5 Å². The van der Waals surface area contributed by atoms with E-state index in [9.17, 15) is 22.8 Å². The van der Waals surface area contributed by atoms with Gasteiger partial charge in [-0.2, -0.15) is 13.2 Å². The normalized spacial score (nSPS) is 13.9. The number of carbonyl (C=O) groups excluding carboxylic acids is 2. The maximum absolute atomic E-state index is 13.7. The van der Waals surface area contributed by atoms with Gasteiger partial charge in [0, 0.05) is 74.9 Å². The zero-order chi connectivity index (χ0) is 36.4. The molecule has 0 spiro atoms. The summed E-state index contributed by atoms with van der Waals surface area (Å²) in [7, 11) is 3.41. The van der Waals surface area contributed by atoms with Crippen molar-refractivity contribution in [1.29, 1.82) is 0 Å². The number of hydrogen-bond acceptors (Lipinski definition) is 6. The first-order chi connectivity index (χ1) is 24.3. The first-order valence-corrected chi connectivity index (χ1v) is 16.7. The van der Waals surface area contributed by atoms with Crippen LogP contribution in [-0.2, 0) is 19.8 Å². The van der Waals surface area contributed by atoms with Gasteiger partial charge >= 0.3 is 6.18 Å². The molecule has 2 aromatic heterocycles. The minimum absolute atomic E-state index is 0.0161. The Kier molecular flexibility index (Phi) is 10.1. The lowest BCUT2D eigenvalue weighted by molar-refractivity contribution is -0.137. The van der Waals surface area contributed by atoms with Crippen molar-refractivity contribution in [3.8, 4) is 17.4 Å². The third-order valence-corrected chi connectivity index (χ3v) is 9.11. The lowest BCUT2D eigenvalue weighted by atomic mass is 10.1. The molecule has 0 atom stereocenters. The number of ether oxygens (including phenoxy) is 2. The fraction of sp³-hybridized carbons (Fsp3) is 0.308. The van der Waals surface area contributed by atoms with E-state index >= 15 is 0 Å². The van der Waals surface area contributed by atoms with Gasteiger partial charge in [-0.1, -0.05) is 12.1 Å². The second-order valence-corrected chi connectivity index (χ2v) is 13.0. The molecule has 9 nitrogen and oxygen atoms in total. The molecule has 0 unspecified atom stereocenters. The van der Waals surface area contributed by atoms with Gasteiger partial charge in [0.25, 0.3) is 11.8 Å². The van der Waals surface area contributed by atoms with Crippen LogP contribution in [0.2, 0.25) is 0 Å². The molecular weight excluding hydrogens is 659 g/mol. The summed E-state index contributed by atoms with van der Waals surface area (Å²) in [6, 6.07) is 21.2. The van der Waals surface area contributed by atoms with Crippen LogP contribution in [0.5, 0.6) is 17.4 Å². The Morgan fingerprint density at radius 1 is 0.922 bits per heavy atom. The monoisotopic (exact) mass is 699 g/mol. The molecule has 0 radical (unpaired) electrons. The van der Waals surface area contributed by atoms with E-state index in [1.54, 1.807) is 12.1 Å². The van der Waals surface area contributed by atoms with Gasteiger partial charge in [-0.15, -0.1) is 0 Å². The SMILES string of the molecule is Cc1c(Oc2ccc(N(C)C(=O)c3ccc(C(F)(F)F)cc3)cn2)ccc2c1cc(C(=O)N1CCN(Cc3ccc(OC(C)C)cc3)CC1)n2C. The van der Waals surface area contributed by atoms with Crippen molar-refractivity contribution in [3.05, 3.63) is 113 Å². The van der Waals surface area contributed by atoms with Gasteiger partial charge < -0.3 is 23.8 Å². The van der Waals surface area contributed by atoms with Crippen LogP contribution >= 0.6 is 0 Å². The Bertz CT molecular complexity index is 2020. The molecule has 5 aromatic rings. The molecule has 1 aliphatic rings. The molecule has 0 aliphatic carbocycles. The smallest absolute Gasteiger partial charge is 0.416 e. The number of aryl methyl sites for hydroxylation is 2. The van der Waals surface area contributed by atoms with Crippen molar-refractivity contribution in [2.45, 2.75) is 39.6 Å². The number of benzene rings is 3. The van der Waals surface area contributed by atoms with Crippen LogP contribution in [0, 0.1) is 6.92 Å². The lowest BCUT2D eigenvalue weighted by Crippen LogP contribution is -2.48. The molecule has 3 heterocycles. The summed E-state index contributed by atoms with van der Waals surface area (Å²) in [6.07, 6.45) is -2.89. The second kappa shape index (κ2) is 14.5. The molecule has 0 bridgehead atoms. The first kappa shape index (κ1) is 35.5. The Morgan fingerprint density at radius 3 is 2.22 bits per heavy atom. The molecule has 1 saturated heterocycles. The fourth-order valence-electron chi connectivity index (χ4n) is 6.18. The summed E-state index contributed by atoms with van der Waals surface area (Å²) >= 11 is 0. The van der Waals surface area contributed by atoms with Crippen LogP contribution in [0.15, 0.2) is 85.1 Å². The molecule has 51 heavy (non-hydrogen) atoms. The molecule has 6 rings (SSSR count). The third kappa shape index (κ3) is 7.86. The van der Waals surface area contributed by atoms with Crippen LogP contribution in [0.3, 0.4) is 0 Å². The van der Waals surface area contributed by atoms with Crippen LogP contribution < -0.4 is 14.4 Å². The highest BCUT2D eigenvalue weighted by molar-refractivity contribution is 6.05. The minimum atomic E-state index is -4.48. The number of carbonyl (C=O) groups is 2. The number of piperazine rings is 1. The summed E-state index contributed by atoms with van der Waals surface area (Å²) < 4.78 is 52.5. The number of aromatic nitrogens is 2. The van der Waals surface area contributed by atoms with Gasteiger partial charge in [-0.3, -0.25) is 14.5 Å². The average molecular weight is 700 g/mol. The van der Waals surface area contributed by atoms with E-state index < -0.39 is 17.6 Å². The van der Waals surface area contributed by atoms with E-state index in [2.05, 4.69) is 22.0 Å². The number of nitrogens with zero attached hydrogens (tertiary/aromatic N) is 5. The van der Waals surface area contributed by atoms with Gasteiger partial charge in [0.15, 0.2) is 0 Å². The Labute approximate surface area is 294 Å². The van der Waals surface area contributed by atoms with Crippen molar-refractivity contribution in [3.63, 3.8) is 0 Å². The van der Waals surface area contributed by atoms with Crippen molar-refractivity contribution >= 4 is 28.4 Å². The molecule has 266 valence electrons. The largest absolute Gasteiger partial charge is 0.491 e. The van der Waals surface area contributed by atoms with Crippen LogP contribution in [0.1, 0.15) is 51.4 Å². The molecule has 3 aromatic carbocycles. The minimum Gasteiger partial charge on any atom is -0.491 e. The molecule has 12 heteroatoms. The topological polar surface area (TPSA) is 80.1 Å². The number of hydrogen-bond donors (Lipinski definition) is 0. The van der Waals surface area contributed by atoms with Gasteiger partial charge in [0.1, 0.15) is 17.2 Å². The number of fused-ring (bicyclic) bond motifs is 1. The molecule has 2 amide bonds. The number of anilines is 1. The highest BCUT2D eigenvalue weighted by atomic mass is 19.4. The number of rotatable bonds is 9.